The van der Waals surface area contributed by atoms with Gasteiger partial charge in [0.25, 0.3) is 0 Å². The number of nitrogens with one attached hydrogen (secondary N) is 2. The zero-order chi connectivity index (χ0) is 20.3. The Balaban J connectivity index is 1.35. The summed E-state index contributed by atoms with van der Waals surface area (Å²) in [5.41, 5.74) is 3.70. The third-order valence-electron chi connectivity index (χ3n) is 4.83. The van der Waals surface area contributed by atoms with Gasteiger partial charge in [-0.2, -0.15) is 0 Å². The van der Waals surface area contributed by atoms with Crippen LogP contribution in [0.5, 0.6) is 11.5 Å². The summed E-state index contributed by atoms with van der Waals surface area (Å²) in [6.45, 7) is 1.85. The van der Waals surface area contributed by atoms with Gasteiger partial charge in [-0.05, 0) is 54.1 Å². The van der Waals surface area contributed by atoms with Gasteiger partial charge in [-0.15, -0.1) is 0 Å². The van der Waals surface area contributed by atoms with Crippen LogP contribution in [0, 0.1) is 0 Å². The molecule has 1 aliphatic rings. The molecule has 1 aliphatic heterocycles. The standard InChI is InChI=1S/C23H19ClN4O2/c24-16-3-1-2-15(12-16)13-30-18-6-4-17(5-7-18)28-23-21-19(26-14-27-23)8-9-20-22(21)29-11-10-25-20/h1-9,12,14,25H,10-11,13H2,(H,26,27,28). The first-order valence-electron chi connectivity index (χ1n) is 9.65. The Hall–Kier alpha value is -3.51. The summed E-state index contributed by atoms with van der Waals surface area (Å²) in [7, 11) is 0. The topological polar surface area (TPSA) is 68.3 Å². The fourth-order valence-electron chi connectivity index (χ4n) is 3.41. The molecule has 2 N–H and O–H groups in total. The molecule has 0 fully saturated rings. The lowest BCUT2D eigenvalue weighted by Gasteiger charge is -2.21. The molecule has 6 nitrogen and oxygen atoms in total. The monoisotopic (exact) mass is 418 g/mol. The molecule has 30 heavy (non-hydrogen) atoms. The van der Waals surface area contributed by atoms with Crippen LogP contribution in [0.3, 0.4) is 0 Å². The van der Waals surface area contributed by atoms with Crippen molar-refractivity contribution in [1.82, 2.24) is 9.97 Å². The Labute approximate surface area is 178 Å². The Morgan fingerprint density at radius 1 is 1.07 bits per heavy atom. The normalized spacial score (nSPS) is 12.6. The van der Waals surface area contributed by atoms with Gasteiger partial charge in [0.05, 0.1) is 16.6 Å². The Morgan fingerprint density at radius 3 is 2.83 bits per heavy atom. The zero-order valence-corrected chi connectivity index (χ0v) is 16.8. The van der Waals surface area contributed by atoms with Crippen molar-refractivity contribution in [3.8, 4) is 11.5 Å². The molecule has 0 atom stereocenters. The molecular formula is C23H19ClN4O2. The van der Waals surface area contributed by atoms with Crippen LogP contribution in [-0.4, -0.2) is 23.1 Å². The van der Waals surface area contributed by atoms with Crippen molar-refractivity contribution in [3.63, 3.8) is 0 Å². The van der Waals surface area contributed by atoms with Crippen LogP contribution < -0.4 is 20.1 Å². The average Bonchev–Trinajstić information content (AvgIpc) is 2.79. The van der Waals surface area contributed by atoms with E-state index in [1.807, 2.05) is 60.7 Å². The molecule has 0 saturated carbocycles. The summed E-state index contributed by atoms with van der Waals surface area (Å²) >= 11 is 6.02. The second-order valence-electron chi connectivity index (χ2n) is 6.90. The van der Waals surface area contributed by atoms with Crippen molar-refractivity contribution in [2.75, 3.05) is 23.8 Å². The van der Waals surface area contributed by atoms with E-state index in [0.717, 1.165) is 45.9 Å². The molecule has 0 radical (unpaired) electrons. The van der Waals surface area contributed by atoms with Crippen molar-refractivity contribution < 1.29 is 9.47 Å². The van der Waals surface area contributed by atoms with E-state index in [1.165, 1.54) is 0 Å². The summed E-state index contributed by atoms with van der Waals surface area (Å²) in [5, 5.41) is 8.29. The summed E-state index contributed by atoms with van der Waals surface area (Å²) < 4.78 is 11.8. The maximum atomic E-state index is 6.02. The minimum Gasteiger partial charge on any atom is -0.489 e. The second-order valence-corrected chi connectivity index (χ2v) is 7.34. The van der Waals surface area contributed by atoms with Gasteiger partial charge in [0.15, 0.2) is 5.75 Å². The number of halogens is 1. The molecule has 4 aromatic rings. The number of rotatable bonds is 5. The van der Waals surface area contributed by atoms with Gasteiger partial charge in [-0.3, -0.25) is 0 Å². The minimum atomic E-state index is 0.459. The minimum absolute atomic E-state index is 0.459. The van der Waals surface area contributed by atoms with E-state index in [1.54, 1.807) is 6.33 Å². The Morgan fingerprint density at radius 2 is 1.97 bits per heavy atom. The number of benzene rings is 3. The van der Waals surface area contributed by atoms with E-state index in [-0.39, 0.29) is 0 Å². The largest absolute Gasteiger partial charge is 0.489 e. The van der Waals surface area contributed by atoms with E-state index < -0.39 is 0 Å². The Bertz CT molecular complexity index is 1200. The maximum Gasteiger partial charge on any atom is 0.155 e. The zero-order valence-electron chi connectivity index (χ0n) is 16.1. The lowest BCUT2D eigenvalue weighted by Crippen LogP contribution is -2.18. The van der Waals surface area contributed by atoms with Crippen molar-refractivity contribution >= 4 is 39.7 Å². The van der Waals surface area contributed by atoms with Crippen LogP contribution in [0.25, 0.3) is 10.9 Å². The van der Waals surface area contributed by atoms with E-state index in [0.29, 0.717) is 24.1 Å². The molecule has 2 heterocycles. The summed E-state index contributed by atoms with van der Waals surface area (Å²) in [4.78, 5) is 8.82. The predicted octanol–water partition coefficient (Wildman–Crippen LogP) is 5.41. The van der Waals surface area contributed by atoms with Gasteiger partial charge >= 0.3 is 0 Å². The van der Waals surface area contributed by atoms with Crippen LogP contribution >= 0.6 is 11.6 Å². The highest BCUT2D eigenvalue weighted by Crippen LogP contribution is 2.39. The van der Waals surface area contributed by atoms with Gasteiger partial charge in [0, 0.05) is 17.3 Å². The molecule has 5 rings (SSSR count). The summed E-state index contributed by atoms with van der Waals surface area (Å²) in [6.07, 6.45) is 1.55. The van der Waals surface area contributed by atoms with Crippen LogP contribution in [0.15, 0.2) is 67.0 Å². The highest BCUT2D eigenvalue weighted by atomic mass is 35.5. The molecule has 0 bridgehead atoms. The average molecular weight is 419 g/mol. The van der Waals surface area contributed by atoms with E-state index >= 15 is 0 Å². The third-order valence-corrected chi connectivity index (χ3v) is 5.07. The number of hydrogen-bond donors (Lipinski definition) is 2. The number of ether oxygens (including phenoxy) is 2. The van der Waals surface area contributed by atoms with Gasteiger partial charge in [0.1, 0.15) is 31.1 Å². The first kappa shape index (κ1) is 18.5. The fourth-order valence-corrected chi connectivity index (χ4v) is 3.62. The van der Waals surface area contributed by atoms with Gasteiger partial charge in [-0.1, -0.05) is 23.7 Å². The smallest absolute Gasteiger partial charge is 0.155 e. The first-order chi connectivity index (χ1) is 14.8. The number of aromatic nitrogens is 2. The second kappa shape index (κ2) is 8.08. The third kappa shape index (κ3) is 3.82. The molecular weight excluding hydrogens is 400 g/mol. The Kier molecular flexibility index (Phi) is 4.99. The van der Waals surface area contributed by atoms with Crippen LogP contribution in [-0.2, 0) is 6.61 Å². The van der Waals surface area contributed by atoms with Crippen molar-refractivity contribution in [2.45, 2.75) is 6.61 Å². The molecule has 0 spiro atoms. The number of fused-ring (bicyclic) bond motifs is 3. The molecule has 3 aromatic carbocycles. The lowest BCUT2D eigenvalue weighted by atomic mass is 10.1. The molecule has 7 heteroatoms. The fraction of sp³-hybridized carbons (Fsp3) is 0.130. The molecule has 0 saturated heterocycles. The van der Waals surface area contributed by atoms with E-state index in [9.17, 15) is 0 Å². The van der Waals surface area contributed by atoms with Crippen LogP contribution in [0.4, 0.5) is 17.2 Å². The molecule has 0 aliphatic carbocycles. The molecule has 1 aromatic heterocycles. The van der Waals surface area contributed by atoms with Gasteiger partial charge < -0.3 is 20.1 Å². The summed E-state index contributed by atoms with van der Waals surface area (Å²) in [5.74, 6) is 2.26. The number of nitrogens with zero attached hydrogens (tertiary/aromatic N) is 2. The quantitative estimate of drug-likeness (QED) is 0.451. The van der Waals surface area contributed by atoms with Gasteiger partial charge in [-0.25, -0.2) is 9.97 Å². The lowest BCUT2D eigenvalue weighted by molar-refractivity contribution is 0.306. The summed E-state index contributed by atoms with van der Waals surface area (Å²) in [6, 6.07) is 19.3. The SMILES string of the molecule is Clc1cccc(COc2ccc(Nc3ncnc4ccc5c(c34)OCCN5)cc2)c1. The van der Waals surface area contributed by atoms with Crippen molar-refractivity contribution in [2.24, 2.45) is 0 Å². The maximum absolute atomic E-state index is 6.02. The van der Waals surface area contributed by atoms with Crippen LogP contribution in [0.1, 0.15) is 5.56 Å². The molecule has 0 amide bonds. The first-order valence-corrected chi connectivity index (χ1v) is 10.0. The van der Waals surface area contributed by atoms with Crippen LogP contribution in [0.2, 0.25) is 5.02 Å². The van der Waals surface area contributed by atoms with Gasteiger partial charge in [0.2, 0.25) is 0 Å². The number of hydrogen-bond acceptors (Lipinski definition) is 6. The predicted molar refractivity (Wildman–Crippen MR) is 119 cm³/mol. The van der Waals surface area contributed by atoms with E-state index in [2.05, 4.69) is 20.6 Å². The molecule has 150 valence electrons. The van der Waals surface area contributed by atoms with Crippen molar-refractivity contribution in [3.05, 3.63) is 77.6 Å². The highest BCUT2D eigenvalue weighted by Gasteiger charge is 2.17. The number of anilines is 3. The van der Waals surface area contributed by atoms with Crippen molar-refractivity contribution in [1.29, 1.82) is 0 Å². The molecule has 0 unspecified atom stereocenters. The highest BCUT2D eigenvalue weighted by molar-refractivity contribution is 6.30. The van der Waals surface area contributed by atoms with E-state index in [4.69, 9.17) is 21.1 Å².